The highest BCUT2D eigenvalue weighted by Crippen LogP contribution is 2.28. The lowest BCUT2D eigenvalue weighted by atomic mass is 10.1. The van der Waals surface area contributed by atoms with E-state index in [4.69, 9.17) is 4.42 Å². The first-order chi connectivity index (χ1) is 6.83. The second kappa shape index (κ2) is 2.62. The molecule has 1 unspecified atom stereocenters. The molecule has 3 heteroatoms. The van der Waals surface area contributed by atoms with E-state index in [2.05, 4.69) is 5.32 Å². The summed E-state index contributed by atoms with van der Waals surface area (Å²) in [5.74, 6) is 0. The van der Waals surface area contributed by atoms with E-state index in [0.29, 0.717) is 0 Å². The third-order valence-corrected chi connectivity index (χ3v) is 2.39. The van der Waals surface area contributed by atoms with Gasteiger partial charge < -0.3 is 14.8 Å². The molecular formula is C11H9NO2. The first-order valence-corrected chi connectivity index (χ1v) is 4.47. The van der Waals surface area contributed by atoms with Gasteiger partial charge in [0.05, 0.1) is 6.26 Å². The molecule has 0 aliphatic carbocycles. The molecule has 14 heavy (non-hydrogen) atoms. The van der Waals surface area contributed by atoms with Gasteiger partial charge in [-0.1, -0.05) is 6.08 Å². The number of hydrogen-bond acceptors (Lipinski definition) is 3. The van der Waals surface area contributed by atoms with Crippen LogP contribution in [0.4, 0.5) is 5.69 Å². The zero-order valence-corrected chi connectivity index (χ0v) is 7.40. The molecule has 3 rings (SSSR count). The van der Waals surface area contributed by atoms with Crippen molar-refractivity contribution in [1.82, 2.24) is 0 Å². The zero-order chi connectivity index (χ0) is 9.54. The lowest BCUT2D eigenvalue weighted by Gasteiger charge is -2.17. The van der Waals surface area contributed by atoms with Gasteiger partial charge in [-0.3, -0.25) is 0 Å². The van der Waals surface area contributed by atoms with Crippen molar-refractivity contribution in [2.45, 2.75) is 6.23 Å². The lowest BCUT2D eigenvalue weighted by Crippen LogP contribution is -2.18. The van der Waals surface area contributed by atoms with E-state index in [1.165, 1.54) is 0 Å². The van der Waals surface area contributed by atoms with Gasteiger partial charge in [-0.2, -0.15) is 0 Å². The molecule has 1 aromatic carbocycles. The Labute approximate surface area is 80.7 Å². The Bertz CT molecular complexity index is 513. The standard InChI is InChI=1S/C11H9NO2/c13-11-2-1-7-5-8-3-4-14-10(8)6-9(7)12-11/h1-6,11-13H. The zero-order valence-electron chi connectivity index (χ0n) is 7.40. The summed E-state index contributed by atoms with van der Waals surface area (Å²) < 4.78 is 5.27. The van der Waals surface area contributed by atoms with Gasteiger partial charge in [0.2, 0.25) is 0 Å². The van der Waals surface area contributed by atoms with Gasteiger partial charge in [-0.05, 0) is 23.8 Å². The van der Waals surface area contributed by atoms with Crippen molar-refractivity contribution in [2.75, 3.05) is 5.32 Å². The smallest absolute Gasteiger partial charge is 0.144 e. The Morgan fingerprint density at radius 1 is 1.36 bits per heavy atom. The normalized spacial score (nSPS) is 19.4. The SMILES string of the molecule is OC1C=Cc2cc3ccoc3cc2N1. The summed E-state index contributed by atoms with van der Waals surface area (Å²) in [6, 6.07) is 5.86. The first kappa shape index (κ1) is 7.64. The van der Waals surface area contributed by atoms with Gasteiger partial charge in [-0.25, -0.2) is 0 Å². The van der Waals surface area contributed by atoms with Crippen molar-refractivity contribution < 1.29 is 9.52 Å². The summed E-state index contributed by atoms with van der Waals surface area (Å²) >= 11 is 0. The number of rotatable bonds is 0. The minimum atomic E-state index is -0.602. The van der Waals surface area contributed by atoms with Crippen molar-refractivity contribution in [2.24, 2.45) is 0 Å². The highest BCUT2D eigenvalue weighted by molar-refractivity contribution is 5.87. The molecule has 0 amide bonds. The van der Waals surface area contributed by atoms with Crippen LogP contribution >= 0.6 is 0 Å². The summed E-state index contributed by atoms with van der Waals surface area (Å²) in [6.45, 7) is 0. The fraction of sp³-hybridized carbons (Fsp3) is 0.0909. The summed E-state index contributed by atoms with van der Waals surface area (Å²) in [7, 11) is 0. The Morgan fingerprint density at radius 3 is 3.21 bits per heavy atom. The number of anilines is 1. The molecule has 1 atom stereocenters. The number of benzene rings is 1. The molecule has 0 saturated heterocycles. The van der Waals surface area contributed by atoms with Crippen LogP contribution in [0.2, 0.25) is 0 Å². The van der Waals surface area contributed by atoms with E-state index in [9.17, 15) is 5.11 Å². The Kier molecular flexibility index (Phi) is 1.43. The molecule has 0 bridgehead atoms. The Balaban J connectivity index is 2.27. The average molecular weight is 187 g/mol. The minimum Gasteiger partial charge on any atom is -0.464 e. The summed E-state index contributed by atoms with van der Waals surface area (Å²) in [6.07, 6.45) is 4.68. The van der Waals surface area contributed by atoms with Crippen LogP contribution in [0.25, 0.3) is 17.0 Å². The monoisotopic (exact) mass is 187 g/mol. The van der Waals surface area contributed by atoms with Crippen LogP contribution < -0.4 is 5.32 Å². The van der Waals surface area contributed by atoms with Gasteiger partial charge >= 0.3 is 0 Å². The molecule has 1 aliphatic heterocycles. The molecular weight excluding hydrogens is 178 g/mol. The number of aliphatic hydroxyl groups is 1. The quantitative estimate of drug-likeness (QED) is 0.664. The van der Waals surface area contributed by atoms with Crippen LogP contribution in [0.5, 0.6) is 0 Å². The van der Waals surface area contributed by atoms with Crippen molar-refractivity contribution in [3.05, 3.63) is 36.1 Å². The van der Waals surface area contributed by atoms with E-state index in [0.717, 1.165) is 22.2 Å². The largest absolute Gasteiger partial charge is 0.464 e. The topological polar surface area (TPSA) is 45.4 Å². The van der Waals surface area contributed by atoms with Crippen molar-refractivity contribution in [3.63, 3.8) is 0 Å². The minimum absolute atomic E-state index is 0.602. The maximum atomic E-state index is 9.35. The van der Waals surface area contributed by atoms with Gasteiger partial charge in [0, 0.05) is 17.1 Å². The molecule has 0 fully saturated rings. The van der Waals surface area contributed by atoms with E-state index in [-0.39, 0.29) is 0 Å². The van der Waals surface area contributed by atoms with Crippen LogP contribution in [0, 0.1) is 0 Å². The van der Waals surface area contributed by atoms with Gasteiger partial charge in [0.25, 0.3) is 0 Å². The van der Waals surface area contributed by atoms with E-state index >= 15 is 0 Å². The van der Waals surface area contributed by atoms with Crippen molar-refractivity contribution in [1.29, 1.82) is 0 Å². The van der Waals surface area contributed by atoms with Crippen molar-refractivity contribution in [3.8, 4) is 0 Å². The molecule has 1 aromatic heterocycles. The third-order valence-electron chi connectivity index (χ3n) is 2.39. The molecule has 0 radical (unpaired) electrons. The number of nitrogens with one attached hydrogen (secondary N) is 1. The molecule has 2 heterocycles. The molecule has 0 saturated carbocycles. The maximum absolute atomic E-state index is 9.35. The highest BCUT2D eigenvalue weighted by atomic mass is 16.3. The number of fused-ring (bicyclic) bond motifs is 2. The first-order valence-electron chi connectivity index (χ1n) is 4.47. The Morgan fingerprint density at radius 2 is 2.29 bits per heavy atom. The number of furan rings is 1. The maximum Gasteiger partial charge on any atom is 0.144 e. The summed E-state index contributed by atoms with van der Waals surface area (Å²) in [5.41, 5.74) is 2.81. The highest BCUT2D eigenvalue weighted by Gasteiger charge is 2.11. The van der Waals surface area contributed by atoms with Crippen LogP contribution in [0.1, 0.15) is 5.56 Å². The summed E-state index contributed by atoms with van der Waals surface area (Å²) in [4.78, 5) is 0. The fourth-order valence-corrected chi connectivity index (χ4v) is 1.69. The second-order valence-corrected chi connectivity index (χ2v) is 3.35. The van der Waals surface area contributed by atoms with Crippen LogP contribution in [0.3, 0.4) is 0 Å². The molecule has 0 spiro atoms. The molecule has 70 valence electrons. The molecule has 3 nitrogen and oxygen atoms in total. The lowest BCUT2D eigenvalue weighted by molar-refractivity contribution is 0.252. The predicted molar refractivity (Wildman–Crippen MR) is 54.9 cm³/mol. The molecule has 1 aliphatic rings. The number of hydrogen-bond donors (Lipinski definition) is 2. The van der Waals surface area contributed by atoms with Gasteiger partial charge in [0.15, 0.2) is 0 Å². The average Bonchev–Trinajstić information content (AvgIpc) is 2.61. The van der Waals surface area contributed by atoms with Crippen LogP contribution in [0.15, 0.2) is 35.0 Å². The fourth-order valence-electron chi connectivity index (χ4n) is 1.69. The molecule has 2 N–H and O–H groups in total. The molecule has 2 aromatic rings. The van der Waals surface area contributed by atoms with E-state index in [1.807, 2.05) is 24.3 Å². The van der Waals surface area contributed by atoms with E-state index in [1.54, 1.807) is 12.3 Å². The van der Waals surface area contributed by atoms with Crippen LogP contribution in [-0.4, -0.2) is 11.3 Å². The van der Waals surface area contributed by atoms with Gasteiger partial charge in [0.1, 0.15) is 11.8 Å². The number of aliphatic hydroxyl groups excluding tert-OH is 1. The van der Waals surface area contributed by atoms with E-state index < -0.39 is 6.23 Å². The van der Waals surface area contributed by atoms with Gasteiger partial charge in [-0.15, -0.1) is 0 Å². The van der Waals surface area contributed by atoms with Crippen LogP contribution in [-0.2, 0) is 0 Å². The summed E-state index contributed by atoms with van der Waals surface area (Å²) in [5, 5.41) is 13.4. The predicted octanol–water partition coefficient (Wildman–Crippen LogP) is 2.19. The second-order valence-electron chi connectivity index (χ2n) is 3.35. The third kappa shape index (κ3) is 1.03. The Hall–Kier alpha value is -1.74. The van der Waals surface area contributed by atoms with Crippen molar-refractivity contribution >= 4 is 22.7 Å².